The molecular formula is C6H6BrNS2. The van der Waals surface area contributed by atoms with Gasteiger partial charge in [-0.3, -0.25) is 0 Å². The van der Waals surface area contributed by atoms with E-state index in [-0.39, 0.29) is 0 Å². The van der Waals surface area contributed by atoms with Crippen molar-refractivity contribution in [3.63, 3.8) is 0 Å². The van der Waals surface area contributed by atoms with E-state index in [0.29, 0.717) is 0 Å². The van der Waals surface area contributed by atoms with Crippen LogP contribution in [0.25, 0.3) is 0 Å². The molecule has 1 N–H and O–H groups in total. The third-order valence-corrected chi connectivity index (χ3v) is 3.22. The van der Waals surface area contributed by atoms with Crippen molar-refractivity contribution in [2.75, 3.05) is 7.05 Å². The first-order chi connectivity index (χ1) is 4.74. The molecule has 0 atom stereocenters. The Kier molecular flexibility index (Phi) is 2.82. The van der Waals surface area contributed by atoms with Crippen LogP contribution in [0.3, 0.4) is 0 Å². The van der Waals surface area contributed by atoms with Gasteiger partial charge in [-0.25, -0.2) is 0 Å². The first-order valence-corrected chi connectivity index (χ1v) is 4.73. The van der Waals surface area contributed by atoms with E-state index in [2.05, 4.69) is 21.2 Å². The van der Waals surface area contributed by atoms with Gasteiger partial charge < -0.3 is 5.32 Å². The Morgan fingerprint density at radius 3 is 2.80 bits per heavy atom. The van der Waals surface area contributed by atoms with Crippen molar-refractivity contribution in [2.45, 2.75) is 0 Å². The smallest absolute Gasteiger partial charge is 0.116 e. The van der Waals surface area contributed by atoms with E-state index >= 15 is 0 Å². The van der Waals surface area contributed by atoms with Crippen LogP contribution < -0.4 is 5.32 Å². The first-order valence-electron chi connectivity index (χ1n) is 2.71. The molecule has 0 saturated heterocycles. The van der Waals surface area contributed by atoms with Crippen LogP contribution in [0.4, 0.5) is 0 Å². The number of halogens is 1. The fraction of sp³-hybridized carbons (Fsp3) is 0.167. The highest BCUT2D eigenvalue weighted by atomic mass is 79.9. The molecule has 1 aromatic rings. The van der Waals surface area contributed by atoms with Crippen molar-refractivity contribution >= 4 is 44.5 Å². The largest absolute Gasteiger partial charge is 0.378 e. The molecule has 1 heterocycles. The zero-order chi connectivity index (χ0) is 7.56. The fourth-order valence-electron chi connectivity index (χ4n) is 0.560. The van der Waals surface area contributed by atoms with Crippen molar-refractivity contribution in [1.82, 2.24) is 5.32 Å². The summed E-state index contributed by atoms with van der Waals surface area (Å²) in [5.41, 5.74) is 0. The molecule has 0 aromatic carbocycles. The number of rotatable bonds is 1. The van der Waals surface area contributed by atoms with Gasteiger partial charge in [0.2, 0.25) is 0 Å². The Hall–Kier alpha value is 0.0700. The molecule has 0 amide bonds. The van der Waals surface area contributed by atoms with Gasteiger partial charge in [0.1, 0.15) is 4.99 Å². The first kappa shape index (κ1) is 8.17. The van der Waals surface area contributed by atoms with E-state index in [9.17, 15) is 0 Å². The van der Waals surface area contributed by atoms with E-state index < -0.39 is 0 Å². The van der Waals surface area contributed by atoms with Crippen molar-refractivity contribution in [3.8, 4) is 0 Å². The number of hydrogen-bond donors (Lipinski definition) is 1. The lowest BCUT2D eigenvalue weighted by Crippen LogP contribution is -2.14. The SMILES string of the molecule is CNC(=S)c1ccc(Br)s1. The van der Waals surface area contributed by atoms with Crippen LogP contribution in [0.2, 0.25) is 0 Å². The van der Waals surface area contributed by atoms with Crippen LogP contribution in [0.1, 0.15) is 4.88 Å². The zero-order valence-corrected chi connectivity index (χ0v) is 8.57. The number of thiocarbonyl (C=S) groups is 1. The monoisotopic (exact) mass is 235 g/mol. The number of nitrogens with one attached hydrogen (secondary N) is 1. The third-order valence-electron chi connectivity index (χ3n) is 1.02. The highest BCUT2D eigenvalue weighted by Crippen LogP contribution is 2.21. The maximum absolute atomic E-state index is 5.01. The van der Waals surface area contributed by atoms with Gasteiger partial charge in [-0.1, -0.05) is 12.2 Å². The second kappa shape index (κ2) is 3.46. The van der Waals surface area contributed by atoms with E-state index in [1.807, 2.05) is 19.2 Å². The summed E-state index contributed by atoms with van der Waals surface area (Å²) in [5.74, 6) is 0. The summed E-state index contributed by atoms with van der Waals surface area (Å²) in [4.78, 5) is 1.90. The molecule has 1 rings (SSSR count). The molecule has 0 fully saturated rings. The maximum Gasteiger partial charge on any atom is 0.116 e. The molecule has 0 bridgehead atoms. The summed E-state index contributed by atoms with van der Waals surface area (Å²) in [6.07, 6.45) is 0. The van der Waals surface area contributed by atoms with Crippen molar-refractivity contribution in [2.24, 2.45) is 0 Å². The Morgan fingerprint density at radius 2 is 2.40 bits per heavy atom. The Morgan fingerprint density at radius 1 is 1.70 bits per heavy atom. The quantitative estimate of drug-likeness (QED) is 0.751. The van der Waals surface area contributed by atoms with Crippen LogP contribution in [0, 0.1) is 0 Å². The second-order valence-electron chi connectivity index (χ2n) is 1.68. The Labute approximate surface area is 77.6 Å². The van der Waals surface area contributed by atoms with Crippen LogP contribution in [0.5, 0.6) is 0 Å². The van der Waals surface area contributed by atoms with Gasteiger partial charge in [0.25, 0.3) is 0 Å². The average molecular weight is 236 g/mol. The normalized spacial score (nSPS) is 9.40. The molecule has 0 aliphatic carbocycles. The highest BCUT2D eigenvalue weighted by Gasteiger charge is 2.00. The van der Waals surface area contributed by atoms with Crippen LogP contribution in [-0.4, -0.2) is 12.0 Å². The Balaban J connectivity index is 2.85. The molecular weight excluding hydrogens is 230 g/mol. The summed E-state index contributed by atoms with van der Waals surface area (Å²) in [6.45, 7) is 0. The van der Waals surface area contributed by atoms with Gasteiger partial charge >= 0.3 is 0 Å². The summed E-state index contributed by atoms with van der Waals surface area (Å²) >= 11 is 10.0. The second-order valence-corrected chi connectivity index (χ2v) is 4.55. The molecule has 1 aromatic heterocycles. The van der Waals surface area contributed by atoms with Gasteiger partial charge in [-0.05, 0) is 28.1 Å². The minimum atomic E-state index is 0.802. The van der Waals surface area contributed by atoms with Gasteiger partial charge in [-0.15, -0.1) is 11.3 Å². The van der Waals surface area contributed by atoms with Crippen LogP contribution in [-0.2, 0) is 0 Å². The zero-order valence-electron chi connectivity index (χ0n) is 5.35. The van der Waals surface area contributed by atoms with Crippen molar-refractivity contribution in [1.29, 1.82) is 0 Å². The predicted molar refractivity (Wildman–Crippen MR) is 52.8 cm³/mol. The van der Waals surface area contributed by atoms with Gasteiger partial charge in [0.05, 0.1) is 8.66 Å². The molecule has 4 heteroatoms. The summed E-state index contributed by atoms with van der Waals surface area (Å²) in [5, 5.41) is 2.92. The molecule has 0 saturated carbocycles. The minimum Gasteiger partial charge on any atom is -0.378 e. The molecule has 0 aliphatic heterocycles. The third kappa shape index (κ3) is 1.78. The van der Waals surface area contributed by atoms with Crippen molar-refractivity contribution in [3.05, 3.63) is 20.8 Å². The summed E-state index contributed by atoms with van der Waals surface area (Å²) < 4.78 is 1.11. The maximum atomic E-state index is 5.01. The van der Waals surface area contributed by atoms with E-state index in [0.717, 1.165) is 13.7 Å². The molecule has 1 nitrogen and oxygen atoms in total. The lowest BCUT2D eigenvalue weighted by molar-refractivity contribution is 1.21. The standard InChI is InChI=1S/C6H6BrNS2/c1-8-6(9)4-2-3-5(7)10-4/h2-3H,1H3,(H,8,9). The summed E-state index contributed by atoms with van der Waals surface area (Å²) in [6, 6.07) is 3.98. The van der Waals surface area contributed by atoms with E-state index in [1.54, 1.807) is 11.3 Å². The van der Waals surface area contributed by atoms with Crippen molar-refractivity contribution < 1.29 is 0 Å². The molecule has 54 valence electrons. The minimum absolute atomic E-state index is 0.802. The van der Waals surface area contributed by atoms with E-state index in [4.69, 9.17) is 12.2 Å². The number of thiophene rings is 1. The lowest BCUT2D eigenvalue weighted by atomic mass is 10.5. The van der Waals surface area contributed by atoms with Gasteiger partial charge in [0.15, 0.2) is 0 Å². The lowest BCUT2D eigenvalue weighted by Gasteiger charge is -1.95. The molecule has 10 heavy (non-hydrogen) atoms. The number of hydrogen-bond acceptors (Lipinski definition) is 2. The van der Waals surface area contributed by atoms with Gasteiger partial charge in [0, 0.05) is 7.05 Å². The molecule has 0 radical (unpaired) electrons. The van der Waals surface area contributed by atoms with Crippen LogP contribution >= 0.6 is 39.5 Å². The Bertz CT molecular complexity index is 244. The van der Waals surface area contributed by atoms with Crippen LogP contribution in [0.15, 0.2) is 15.9 Å². The molecule has 0 unspecified atom stereocenters. The van der Waals surface area contributed by atoms with Gasteiger partial charge in [-0.2, -0.15) is 0 Å². The predicted octanol–water partition coefficient (Wildman–Crippen LogP) is 2.41. The summed E-state index contributed by atoms with van der Waals surface area (Å²) in [7, 11) is 1.83. The van der Waals surface area contributed by atoms with E-state index in [1.165, 1.54) is 0 Å². The molecule has 0 aliphatic rings. The fourth-order valence-corrected chi connectivity index (χ4v) is 2.08. The topological polar surface area (TPSA) is 12.0 Å². The highest BCUT2D eigenvalue weighted by molar-refractivity contribution is 9.11. The average Bonchev–Trinajstić information content (AvgIpc) is 2.34. The molecule has 0 spiro atoms.